The quantitative estimate of drug-likeness (QED) is 0.408. The lowest BCUT2D eigenvalue weighted by Gasteiger charge is -2.19. The SMILES string of the molecule is CC(C)Oc1cc(Oc2ccc(N(CC3CC3)C(=O)O)cc2)cc(C(=O)Nc2nccs2)c1. The summed E-state index contributed by atoms with van der Waals surface area (Å²) in [7, 11) is 0. The van der Waals surface area contributed by atoms with Crippen LogP contribution in [0.5, 0.6) is 17.2 Å². The molecular formula is C24H25N3O5S. The van der Waals surface area contributed by atoms with Crippen LogP contribution in [0.25, 0.3) is 0 Å². The Balaban J connectivity index is 1.53. The Labute approximate surface area is 195 Å². The molecule has 0 radical (unpaired) electrons. The molecule has 8 nitrogen and oxygen atoms in total. The van der Waals surface area contributed by atoms with Gasteiger partial charge >= 0.3 is 6.09 Å². The number of benzene rings is 2. The first-order chi connectivity index (χ1) is 15.9. The van der Waals surface area contributed by atoms with Gasteiger partial charge < -0.3 is 14.6 Å². The normalized spacial score (nSPS) is 12.9. The second-order valence-corrected chi connectivity index (χ2v) is 8.98. The van der Waals surface area contributed by atoms with Gasteiger partial charge in [-0.3, -0.25) is 15.0 Å². The summed E-state index contributed by atoms with van der Waals surface area (Å²) in [6.07, 6.45) is 2.71. The minimum absolute atomic E-state index is 0.0807. The fourth-order valence-electron chi connectivity index (χ4n) is 3.24. The molecule has 172 valence electrons. The number of nitrogens with one attached hydrogen (secondary N) is 1. The maximum atomic E-state index is 12.7. The molecule has 1 aliphatic rings. The molecule has 0 bridgehead atoms. The van der Waals surface area contributed by atoms with E-state index < -0.39 is 6.09 Å². The van der Waals surface area contributed by atoms with Crippen molar-refractivity contribution >= 4 is 34.2 Å². The van der Waals surface area contributed by atoms with Gasteiger partial charge in [-0.1, -0.05) is 0 Å². The first-order valence-electron chi connectivity index (χ1n) is 10.7. The van der Waals surface area contributed by atoms with Crippen LogP contribution in [0.2, 0.25) is 0 Å². The fraction of sp³-hybridized carbons (Fsp3) is 0.292. The van der Waals surface area contributed by atoms with Gasteiger partial charge in [0.05, 0.1) is 6.10 Å². The van der Waals surface area contributed by atoms with Crippen molar-refractivity contribution in [2.45, 2.75) is 32.8 Å². The molecule has 2 N–H and O–H groups in total. The van der Waals surface area contributed by atoms with Gasteiger partial charge in [-0.25, -0.2) is 9.78 Å². The minimum atomic E-state index is -0.968. The third-order valence-corrected chi connectivity index (χ3v) is 5.61. The van der Waals surface area contributed by atoms with Gasteiger partial charge in [0.2, 0.25) is 0 Å². The van der Waals surface area contributed by atoms with Gasteiger partial charge in [0.25, 0.3) is 5.91 Å². The summed E-state index contributed by atoms with van der Waals surface area (Å²) in [6.45, 7) is 4.30. The summed E-state index contributed by atoms with van der Waals surface area (Å²) in [5.41, 5.74) is 0.971. The molecular weight excluding hydrogens is 442 g/mol. The molecule has 0 atom stereocenters. The highest BCUT2D eigenvalue weighted by molar-refractivity contribution is 7.13. The molecule has 0 unspecified atom stereocenters. The van der Waals surface area contributed by atoms with E-state index >= 15 is 0 Å². The standard InChI is InChI=1S/C24H25N3O5S/c1-15(2)31-20-11-17(22(28)26-23-25-9-10-33-23)12-21(13-20)32-19-7-5-18(6-8-19)27(24(29)30)14-16-3-4-16/h5-13,15-16H,3-4,14H2,1-2H3,(H,29,30)(H,25,26,28). The van der Waals surface area contributed by atoms with Gasteiger partial charge in [-0.2, -0.15) is 0 Å². The molecule has 0 aliphatic heterocycles. The molecule has 1 heterocycles. The van der Waals surface area contributed by atoms with Crippen molar-refractivity contribution < 1.29 is 24.2 Å². The van der Waals surface area contributed by atoms with Crippen LogP contribution >= 0.6 is 11.3 Å². The van der Waals surface area contributed by atoms with E-state index in [2.05, 4.69) is 10.3 Å². The molecule has 1 aliphatic carbocycles. The van der Waals surface area contributed by atoms with E-state index in [9.17, 15) is 14.7 Å². The number of aromatic nitrogens is 1. The summed E-state index contributed by atoms with van der Waals surface area (Å²) >= 11 is 1.33. The van der Waals surface area contributed by atoms with Gasteiger partial charge in [0.1, 0.15) is 17.2 Å². The number of carbonyl (C=O) groups excluding carboxylic acids is 1. The number of hydrogen-bond donors (Lipinski definition) is 2. The van der Waals surface area contributed by atoms with E-state index in [1.54, 1.807) is 54.0 Å². The topological polar surface area (TPSA) is 101 Å². The van der Waals surface area contributed by atoms with Crippen LogP contribution in [0, 0.1) is 5.92 Å². The first-order valence-corrected chi connectivity index (χ1v) is 11.6. The third kappa shape index (κ3) is 6.23. The zero-order valence-electron chi connectivity index (χ0n) is 18.4. The van der Waals surface area contributed by atoms with Crippen molar-refractivity contribution in [1.82, 2.24) is 4.98 Å². The van der Waals surface area contributed by atoms with E-state index in [0.29, 0.717) is 46.1 Å². The van der Waals surface area contributed by atoms with Gasteiger partial charge in [-0.15, -0.1) is 11.3 Å². The van der Waals surface area contributed by atoms with Crippen molar-refractivity contribution in [3.63, 3.8) is 0 Å². The van der Waals surface area contributed by atoms with Crippen molar-refractivity contribution in [3.8, 4) is 17.2 Å². The molecule has 2 aromatic carbocycles. The molecule has 33 heavy (non-hydrogen) atoms. The highest BCUT2D eigenvalue weighted by Gasteiger charge is 2.27. The number of amides is 2. The molecule has 4 rings (SSSR count). The number of ether oxygens (including phenoxy) is 2. The van der Waals surface area contributed by atoms with E-state index in [-0.39, 0.29) is 12.0 Å². The predicted molar refractivity (Wildman–Crippen MR) is 127 cm³/mol. The molecule has 2 amide bonds. The van der Waals surface area contributed by atoms with Crippen LogP contribution in [-0.2, 0) is 0 Å². The molecule has 0 spiro atoms. The van der Waals surface area contributed by atoms with Crippen LogP contribution in [-0.4, -0.2) is 34.7 Å². The number of thiazole rings is 1. The largest absolute Gasteiger partial charge is 0.491 e. The summed E-state index contributed by atoms with van der Waals surface area (Å²) in [4.78, 5) is 29.8. The second-order valence-electron chi connectivity index (χ2n) is 8.08. The Bertz CT molecular complexity index is 1110. The molecule has 9 heteroatoms. The monoisotopic (exact) mass is 467 g/mol. The van der Waals surface area contributed by atoms with Crippen molar-refractivity contribution in [2.24, 2.45) is 5.92 Å². The number of rotatable bonds is 9. The van der Waals surface area contributed by atoms with Crippen LogP contribution in [0.15, 0.2) is 54.0 Å². The number of nitrogens with zero attached hydrogens (tertiary/aromatic N) is 2. The van der Waals surface area contributed by atoms with Gasteiger partial charge in [0.15, 0.2) is 5.13 Å². The van der Waals surface area contributed by atoms with Crippen LogP contribution in [0.1, 0.15) is 37.0 Å². The minimum Gasteiger partial charge on any atom is -0.491 e. The van der Waals surface area contributed by atoms with E-state index in [4.69, 9.17) is 9.47 Å². The fourth-order valence-corrected chi connectivity index (χ4v) is 3.76. The Morgan fingerprint density at radius 3 is 2.48 bits per heavy atom. The summed E-state index contributed by atoms with van der Waals surface area (Å²) in [5.74, 6) is 1.57. The first kappa shape index (κ1) is 22.6. The van der Waals surface area contributed by atoms with Crippen molar-refractivity contribution in [3.05, 3.63) is 59.6 Å². The lowest BCUT2D eigenvalue weighted by atomic mass is 10.2. The van der Waals surface area contributed by atoms with Crippen LogP contribution in [0.3, 0.4) is 0 Å². The molecule has 1 saturated carbocycles. The lowest BCUT2D eigenvalue weighted by molar-refractivity contribution is 0.102. The Morgan fingerprint density at radius 2 is 1.88 bits per heavy atom. The Morgan fingerprint density at radius 1 is 1.15 bits per heavy atom. The van der Waals surface area contributed by atoms with Crippen molar-refractivity contribution in [2.75, 3.05) is 16.8 Å². The summed E-state index contributed by atoms with van der Waals surface area (Å²) < 4.78 is 11.8. The molecule has 0 saturated heterocycles. The van der Waals surface area contributed by atoms with Crippen LogP contribution < -0.4 is 19.7 Å². The number of carboxylic acid groups (broad SMARTS) is 1. The van der Waals surface area contributed by atoms with Crippen LogP contribution in [0.4, 0.5) is 15.6 Å². The number of carbonyl (C=O) groups is 2. The number of hydrogen-bond acceptors (Lipinski definition) is 6. The summed E-state index contributed by atoms with van der Waals surface area (Å²) in [6, 6.07) is 11.9. The second kappa shape index (κ2) is 9.91. The molecule has 1 aromatic heterocycles. The average Bonchev–Trinajstić information content (AvgIpc) is 3.45. The van der Waals surface area contributed by atoms with Crippen molar-refractivity contribution in [1.29, 1.82) is 0 Å². The Kier molecular flexibility index (Phi) is 6.79. The maximum Gasteiger partial charge on any atom is 0.411 e. The Hall–Kier alpha value is -3.59. The highest BCUT2D eigenvalue weighted by atomic mass is 32.1. The van der Waals surface area contributed by atoms with Gasteiger partial charge in [0, 0.05) is 35.4 Å². The van der Waals surface area contributed by atoms with Gasteiger partial charge in [-0.05, 0) is 69.0 Å². The average molecular weight is 468 g/mol. The lowest BCUT2D eigenvalue weighted by Crippen LogP contribution is -2.31. The van der Waals surface area contributed by atoms with E-state index in [1.807, 2.05) is 13.8 Å². The smallest absolute Gasteiger partial charge is 0.411 e. The van der Waals surface area contributed by atoms with E-state index in [1.165, 1.54) is 16.2 Å². The zero-order valence-corrected chi connectivity index (χ0v) is 19.2. The predicted octanol–water partition coefficient (Wildman–Crippen LogP) is 5.87. The highest BCUT2D eigenvalue weighted by Crippen LogP contribution is 2.33. The number of anilines is 2. The third-order valence-electron chi connectivity index (χ3n) is 4.92. The van der Waals surface area contributed by atoms with E-state index in [0.717, 1.165) is 12.8 Å². The molecule has 1 fully saturated rings. The molecule has 3 aromatic rings. The summed E-state index contributed by atoms with van der Waals surface area (Å²) in [5, 5.41) is 14.6. The zero-order chi connectivity index (χ0) is 23.4. The maximum absolute atomic E-state index is 12.7.